The maximum atomic E-state index is 12.2. The Hall–Kier alpha value is -1.57. The third-order valence-corrected chi connectivity index (χ3v) is 2.56. The second kappa shape index (κ2) is 3.54. The Labute approximate surface area is 84.7 Å². The molecule has 0 fully saturated rings. The van der Waals surface area contributed by atoms with Gasteiger partial charge < -0.3 is 0 Å². The Morgan fingerprint density at radius 2 is 2.20 bits per heavy atom. The number of halogens is 1. The SMILES string of the molecule is O=S(=O)(F)CCc1cnc2n[nH]nc2c1. The first-order valence-electron chi connectivity index (χ1n) is 4.12. The lowest BCUT2D eigenvalue weighted by Gasteiger charge is -1.96. The molecule has 0 aromatic carbocycles. The first-order chi connectivity index (χ1) is 7.04. The molecular formula is C7H7FN4O2S. The predicted molar refractivity (Wildman–Crippen MR) is 50.3 cm³/mol. The van der Waals surface area contributed by atoms with Crippen molar-refractivity contribution in [1.82, 2.24) is 20.4 Å². The van der Waals surface area contributed by atoms with Crippen molar-refractivity contribution in [1.29, 1.82) is 0 Å². The molecule has 2 rings (SSSR count). The quantitative estimate of drug-likeness (QED) is 0.760. The minimum absolute atomic E-state index is 0.0780. The summed E-state index contributed by atoms with van der Waals surface area (Å²) in [7, 11) is -4.43. The summed E-state index contributed by atoms with van der Waals surface area (Å²) in [5.41, 5.74) is 1.59. The van der Waals surface area contributed by atoms with Crippen LogP contribution < -0.4 is 0 Å². The molecule has 0 unspecified atom stereocenters. The van der Waals surface area contributed by atoms with Crippen LogP contribution in [0.15, 0.2) is 12.3 Å². The van der Waals surface area contributed by atoms with E-state index in [2.05, 4.69) is 20.4 Å². The van der Waals surface area contributed by atoms with Gasteiger partial charge in [0.05, 0.1) is 5.75 Å². The first kappa shape index (κ1) is 9.97. The van der Waals surface area contributed by atoms with Gasteiger partial charge in [0.1, 0.15) is 5.52 Å². The van der Waals surface area contributed by atoms with Crippen LogP contribution >= 0.6 is 0 Å². The summed E-state index contributed by atoms with van der Waals surface area (Å²) in [6, 6.07) is 1.62. The molecule has 8 heteroatoms. The molecule has 80 valence electrons. The third kappa shape index (κ3) is 2.46. The van der Waals surface area contributed by atoms with Gasteiger partial charge in [-0.15, -0.1) is 8.98 Å². The Morgan fingerprint density at radius 3 is 2.93 bits per heavy atom. The van der Waals surface area contributed by atoms with E-state index in [0.717, 1.165) is 0 Å². The van der Waals surface area contributed by atoms with Crippen LogP contribution in [0, 0.1) is 0 Å². The zero-order valence-corrected chi connectivity index (χ0v) is 8.33. The fourth-order valence-electron chi connectivity index (χ4n) is 1.16. The maximum Gasteiger partial charge on any atom is 0.302 e. The molecule has 0 radical (unpaired) electrons. The zero-order chi connectivity index (χ0) is 10.9. The summed E-state index contributed by atoms with van der Waals surface area (Å²) >= 11 is 0. The van der Waals surface area contributed by atoms with Gasteiger partial charge in [-0.3, -0.25) is 0 Å². The second-order valence-electron chi connectivity index (χ2n) is 3.00. The van der Waals surface area contributed by atoms with E-state index in [1.807, 2.05) is 0 Å². The molecule has 0 saturated carbocycles. The Bertz CT molecular complexity index is 579. The van der Waals surface area contributed by atoms with Crippen LogP contribution in [-0.2, 0) is 16.6 Å². The summed E-state index contributed by atoms with van der Waals surface area (Å²) in [6.45, 7) is 0. The van der Waals surface area contributed by atoms with Crippen LogP contribution in [0.4, 0.5) is 3.89 Å². The molecule has 0 spiro atoms. The van der Waals surface area contributed by atoms with Crippen LogP contribution in [0.2, 0.25) is 0 Å². The fraction of sp³-hybridized carbons (Fsp3) is 0.286. The van der Waals surface area contributed by atoms with Crippen molar-refractivity contribution in [2.45, 2.75) is 6.42 Å². The smallest absolute Gasteiger partial charge is 0.233 e. The van der Waals surface area contributed by atoms with Gasteiger partial charge >= 0.3 is 10.2 Å². The molecule has 0 aliphatic rings. The molecule has 6 nitrogen and oxygen atoms in total. The summed E-state index contributed by atoms with van der Waals surface area (Å²) < 4.78 is 32.8. The highest BCUT2D eigenvalue weighted by Crippen LogP contribution is 2.08. The largest absolute Gasteiger partial charge is 0.302 e. The Kier molecular flexibility index (Phi) is 2.35. The van der Waals surface area contributed by atoms with E-state index in [1.165, 1.54) is 6.20 Å². The number of hydrogen-bond donors (Lipinski definition) is 1. The van der Waals surface area contributed by atoms with Gasteiger partial charge in [-0.2, -0.15) is 18.7 Å². The summed E-state index contributed by atoms with van der Waals surface area (Å²) in [5, 5.41) is 9.89. The lowest BCUT2D eigenvalue weighted by molar-refractivity contribution is 0.551. The highest BCUT2D eigenvalue weighted by atomic mass is 32.3. The standard InChI is InChI=1S/C7H7FN4O2S/c8-15(13,14)2-1-5-3-6-7(9-4-5)11-12-10-6/h3-4H,1-2H2,(H,9,10,11,12). The number of nitrogens with one attached hydrogen (secondary N) is 1. The lowest BCUT2D eigenvalue weighted by Crippen LogP contribution is -2.02. The number of pyridine rings is 1. The van der Waals surface area contributed by atoms with E-state index in [9.17, 15) is 12.3 Å². The predicted octanol–water partition coefficient (Wildman–Crippen LogP) is 0.195. The Morgan fingerprint density at radius 1 is 1.40 bits per heavy atom. The average molecular weight is 230 g/mol. The highest BCUT2D eigenvalue weighted by Gasteiger charge is 2.08. The van der Waals surface area contributed by atoms with Crippen molar-refractivity contribution in [3.05, 3.63) is 17.8 Å². The van der Waals surface area contributed by atoms with E-state index in [4.69, 9.17) is 0 Å². The number of aromatic amines is 1. The number of fused-ring (bicyclic) bond motifs is 1. The van der Waals surface area contributed by atoms with Crippen LogP contribution in [0.5, 0.6) is 0 Å². The van der Waals surface area contributed by atoms with Gasteiger partial charge in [-0.25, -0.2) is 4.98 Å². The van der Waals surface area contributed by atoms with Gasteiger partial charge in [-0.1, -0.05) is 0 Å². The number of H-pyrrole nitrogens is 1. The van der Waals surface area contributed by atoms with Crippen molar-refractivity contribution in [3.63, 3.8) is 0 Å². The average Bonchev–Trinajstić information content (AvgIpc) is 2.60. The van der Waals surface area contributed by atoms with Crippen LogP contribution in [0.1, 0.15) is 5.56 Å². The van der Waals surface area contributed by atoms with Gasteiger partial charge in [-0.05, 0) is 18.1 Å². The molecule has 0 amide bonds. The van der Waals surface area contributed by atoms with Crippen LogP contribution in [-0.4, -0.2) is 34.6 Å². The van der Waals surface area contributed by atoms with E-state index >= 15 is 0 Å². The summed E-state index contributed by atoms with van der Waals surface area (Å²) in [4.78, 5) is 3.92. The third-order valence-electron chi connectivity index (χ3n) is 1.86. The molecule has 0 atom stereocenters. The molecule has 2 aromatic rings. The topological polar surface area (TPSA) is 88.6 Å². The van der Waals surface area contributed by atoms with Gasteiger partial charge in [0.2, 0.25) is 5.65 Å². The van der Waals surface area contributed by atoms with Crippen LogP contribution in [0.25, 0.3) is 11.2 Å². The highest BCUT2D eigenvalue weighted by molar-refractivity contribution is 7.86. The van der Waals surface area contributed by atoms with Gasteiger partial charge in [0.15, 0.2) is 0 Å². The van der Waals surface area contributed by atoms with Gasteiger partial charge in [0, 0.05) is 6.20 Å². The summed E-state index contributed by atoms with van der Waals surface area (Å²) in [6.07, 6.45) is 1.53. The summed E-state index contributed by atoms with van der Waals surface area (Å²) in [5.74, 6) is -0.544. The number of aryl methyl sites for hydroxylation is 1. The number of nitrogens with zero attached hydrogens (tertiary/aromatic N) is 3. The lowest BCUT2D eigenvalue weighted by atomic mass is 10.2. The number of hydrogen-bond acceptors (Lipinski definition) is 5. The van der Waals surface area contributed by atoms with Gasteiger partial charge in [0.25, 0.3) is 0 Å². The molecule has 0 aliphatic carbocycles. The molecule has 0 saturated heterocycles. The van der Waals surface area contributed by atoms with Crippen molar-refractivity contribution >= 4 is 21.4 Å². The first-order valence-corrected chi connectivity index (χ1v) is 5.67. The second-order valence-corrected chi connectivity index (χ2v) is 4.49. The van der Waals surface area contributed by atoms with E-state index in [1.54, 1.807) is 6.07 Å². The van der Waals surface area contributed by atoms with Crippen molar-refractivity contribution in [2.75, 3.05) is 5.75 Å². The molecular weight excluding hydrogens is 223 g/mol. The molecule has 0 bridgehead atoms. The normalized spacial score (nSPS) is 12.1. The van der Waals surface area contributed by atoms with E-state index < -0.39 is 16.0 Å². The van der Waals surface area contributed by atoms with Crippen molar-refractivity contribution in [2.24, 2.45) is 0 Å². The zero-order valence-electron chi connectivity index (χ0n) is 7.51. The minimum atomic E-state index is -4.43. The number of aromatic nitrogens is 4. The number of rotatable bonds is 3. The molecule has 2 heterocycles. The van der Waals surface area contributed by atoms with Crippen LogP contribution in [0.3, 0.4) is 0 Å². The molecule has 0 aliphatic heterocycles. The Balaban J connectivity index is 2.21. The molecule has 15 heavy (non-hydrogen) atoms. The van der Waals surface area contributed by atoms with Crippen molar-refractivity contribution in [3.8, 4) is 0 Å². The minimum Gasteiger partial charge on any atom is -0.233 e. The van der Waals surface area contributed by atoms with Crippen molar-refractivity contribution < 1.29 is 12.3 Å². The van der Waals surface area contributed by atoms with E-state index in [-0.39, 0.29) is 6.42 Å². The molecule has 2 aromatic heterocycles. The maximum absolute atomic E-state index is 12.2. The molecule has 1 N–H and O–H groups in total. The fourth-order valence-corrected chi connectivity index (χ4v) is 1.64. The monoisotopic (exact) mass is 230 g/mol. The van der Waals surface area contributed by atoms with E-state index in [0.29, 0.717) is 16.7 Å².